The van der Waals surface area contributed by atoms with Crippen molar-refractivity contribution in [1.29, 1.82) is 0 Å². The molecule has 0 spiro atoms. The Morgan fingerprint density at radius 3 is 2.27 bits per heavy atom. The van der Waals surface area contributed by atoms with E-state index in [0.717, 1.165) is 7.11 Å². The first-order chi connectivity index (χ1) is 9.99. The molecule has 0 unspecified atom stereocenters. The third-order valence-corrected chi connectivity index (χ3v) is 2.66. The van der Waals surface area contributed by atoms with Gasteiger partial charge >= 0.3 is 18.5 Å². The van der Waals surface area contributed by atoms with E-state index in [9.17, 15) is 31.1 Å². The van der Waals surface area contributed by atoms with E-state index in [1.54, 1.807) is 0 Å². The molecule has 0 atom stereocenters. The summed E-state index contributed by atoms with van der Waals surface area (Å²) in [6, 6.07) is 0. The van der Waals surface area contributed by atoms with E-state index in [0.29, 0.717) is 6.20 Å². The van der Waals surface area contributed by atoms with E-state index in [4.69, 9.17) is 11.6 Å². The topological polar surface area (TPSA) is 48.4 Å². The number of alkyl halides is 7. The number of hydrogen-bond donors (Lipinski definition) is 0. The lowest BCUT2D eigenvalue weighted by Crippen LogP contribution is -2.23. The molecule has 1 rings (SSSR count). The van der Waals surface area contributed by atoms with E-state index in [-0.39, 0.29) is 0 Å². The van der Waals surface area contributed by atoms with Crippen LogP contribution >= 0.6 is 11.6 Å². The third-order valence-electron chi connectivity index (χ3n) is 2.41. The Bertz CT molecular complexity index is 558. The highest BCUT2D eigenvalue weighted by atomic mass is 35.5. The van der Waals surface area contributed by atoms with Gasteiger partial charge in [-0.05, 0) is 0 Å². The SMILES string of the molecule is COC(=O)Cc1c(C(F)(F)F)cnc(CCl)c1OC(F)(F)F. The number of pyridine rings is 1. The van der Waals surface area contributed by atoms with Crippen molar-refractivity contribution in [2.24, 2.45) is 0 Å². The molecule has 11 heteroatoms. The third kappa shape index (κ3) is 4.65. The number of hydrogen-bond acceptors (Lipinski definition) is 4. The summed E-state index contributed by atoms with van der Waals surface area (Å²) in [4.78, 5) is 14.4. The Kier molecular flexibility index (Phi) is 5.49. The van der Waals surface area contributed by atoms with Crippen molar-refractivity contribution in [2.45, 2.75) is 24.8 Å². The molecule has 1 aromatic rings. The van der Waals surface area contributed by atoms with Gasteiger partial charge in [-0.25, -0.2) is 0 Å². The van der Waals surface area contributed by atoms with Gasteiger partial charge in [-0.2, -0.15) is 13.2 Å². The van der Waals surface area contributed by atoms with Crippen LogP contribution in [-0.2, 0) is 28.0 Å². The molecule has 0 amide bonds. The van der Waals surface area contributed by atoms with Crippen LogP contribution in [0.5, 0.6) is 5.75 Å². The molecular formula is C11H8ClF6NO3. The van der Waals surface area contributed by atoms with Crippen LogP contribution < -0.4 is 4.74 Å². The molecule has 0 fully saturated rings. The highest BCUT2D eigenvalue weighted by Crippen LogP contribution is 2.39. The summed E-state index contributed by atoms with van der Waals surface area (Å²) in [5, 5.41) is 0. The molecule has 0 aliphatic rings. The number of esters is 1. The quantitative estimate of drug-likeness (QED) is 0.473. The number of rotatable bonds is 4. The van der Waals surface area contributed by atoms with Gasteiger partial charge in [0.25, 0.3) is 0 Å². The Balaban J connectivity index is 3.55. The Morgan fingerprint density at radius 2 is 1.86 bits per heavy atom. The zero-order valence-corrected chi connectivity index (χ0v) is 11.6. The number of methoxy groups -OCH3 is 1. The van der Waals surface area contributed by atoms with E-state index in [1.807, 2.05) is 0 Å². The molecule has 0 saturated carbocycles. The van der Waals surface area contributed by atoms with Crippen molar-refractivity contribution in [1.82, 2.24) is 4.98 Å². The van der Waals surface area contributed by atoms with Crippen molar-refractivity contribution < 1.29 is 40.6 Å². The normalized spacial score (nSPS) is 12.2. The molecule has 0 saturated heterocycles. The fourth-order valence-electron chi connectivity index (χ4n) is 1.54. The van der Waals surface area contributed by atoms with Crippen molar-refractivity contribution in [3.05, 3.63) is 23.0 Å². The monoisotopic (exact) mass is 351 g/mol. The zero-order valence-electron chi connectivity index (χ0n) is 10.8. The Hall–Kier alpha value is -1.71. The second-order valence-corrected chi connectivity index (χ2v) is 4.13. The molecule has 1 heterocycles. The van der Waals surface area contributed by atoms with Gasteiger partial charge in [0.15, 0.2) is 5.75 Å². The lowest BCUT2D eigenvalue weighted by atomic mass is 10.0. The molecular weight excluding hydrogens is 344 g/mol. The largest absolute Gasteiger partial charge is 0.573 e. The molecule has 124 valence electrons. The number of carbonyl (C=O) groups excluding carboxylic acids is 1. The van der Waals surface area contributed by atoms with Crippen LogP contribution in [-0.4, -0.2) is 24.4 Å². The van der Waals surface area contributed by atoms with Gasteiger partial charge < -0.3 is 9.47 Å². The summed E-state index contributed by atoms with van der Waals surface area (Å²) < 4.78 is 83.6. The highest BCUT2D eigenvalue weighted by Gasteiger charge is 2.40. The molecule has 0 aliphatic heterocycles. The van der Waals surface area contributed by atoms with Gasteiger partial charge in [0.2, 0.25) is 0 Å². The minimum Gasteiger partial charge on any atom is -0.469 e. The van der Waals surface area contributed by atoms with E-state index < -0.39 is 53.4 Å². The van der Waals surface area contributed by atoms with Gasteiger partial charge in [0.05, 0.1) is 30.7 Å². The average molecular weight is 352 g/mol. The minimum atomic E-state index is -5.28. The predicted molar refractivity (Wildman–Crippen MR) is 61.2 cm³/mol. The predicted octanol–water partition coefficient (Wildman–Crippen LogP) is 3.45. The summed E-state index contributed by atoms with van der Waals surface area (Å²) in [6.45, 7) is 0. The van der Waals surface area contributed by atoms with E-state index >= 15 is 0 Å². The van der Waals surface area contributed by atoms with Crippen LogP contribution in [0.3, 0.4) is 0 Å². The van der Waals surface area contributed by atoms with Crippen LogP contribution in [0.25, 0.3) is 0 Å². The molecule has 0 aliphatic carbocycles. The van der Waals surface area contributed by atoms with Gasteiger partial charge in [-0.15, -0.1) is 24.8 Å². The summed E-state index contributed by atoms with van der Waals surface area (Å²) >= 11 is 5.36. The van der Waals surface area contributed by atoms with Gasteiger partial charge in [0.1, 0.15) is 0 Å². The second kappa shape index (κ2) is 6.59. The fraction of sp³-hybridized carbons (Fsp3) is 0.455. The molecule has 0 N–H and O–H groups in total. The van der Waals surface area contributed by atoms with Crippen molar-refractivity contribution in [3.8, 4) is 5.75 Å². The van der Waals surface area contributed by atoms with Crippen molar-refractivity contribution >= 4 is 17.6 Å². The summed E-state index contributed by atoms with van der Waals surface area (Å²) in [5.41, 5.74) is -3.15. The van der Waals surface area contributed by atoms with Crippen LogP contribution in [0, 0.1) is 0 Å². The molecule has 22 heavy (non-hydrogen) atoms. The smallest absolute Gasteiger partial charge is 0.469 e. The highest BCUT2D eigenvalue weighted by molar-refractivity contribution is 6.17. The van der Waals surface area contributed by atoms with Gasteiger partial charge in [-0.3, -0.25) is 9.78 Å². The van der Waals surface area contributed by atoms with Crippen LogP contribution in [0.1, 0.15) is 16.8 Å². The fourth-order valence-corrected chi connectivity index (χ4v) is 1.73. The van der Waals surface area contributed by atoms with Gasteiger partial charge in [0, 0.05) is 11.8 Å². The molecule has 0 aromatic carbocycles. The first kappa shape index (κ1) is 18.3. The number of nitrogens with zero attached hydrogens (tertiary/aromatic N) is 1. The molecule has 0 radical (unpaired) electrons. The summed E-state index contributed by atoms with van der Waals surface area (Å²) in [6.07, 6.45) is -11.1. The summed E-state index contributed by atoms with van der Waals surface area (Å²) in [5.74, 6) is -3.07. The molecule has 4 nitrogen and oxygen atoms in total. The minimum absolute atomic E-state index is 0.291. The van der Waals surface area contributed by atoms with E-state index in [2.05, 4.69) is 14.5 Å². The van der Waals surface area contributed by atoms with Gasteiger partial charge in [-0.1, -0.05) is 0 Å². The van der Waals surface area contributed by atoms with E-state index in [1.165, 1.54) is 0 Å². The first-order valence-electron chi connectivity index (χ1n) is 5.46. The average Bonchev–Trinajstić information content (AvgIpc) is 2.37. The van der Waals surface area contributed by atoms with Crippen LogP contribution in [0.2, 0.25) is 0 Å². The maximum absolute atomic E-state index is 12.9. The summed E-state index contributed by atoms with van der Waals surface area (Å²) in [7, 11) is 0.879. The Labute approximate surface area is 125 Å². The number of aromatic nitrogens is 1. The second-order valence-electron chi connectivity index (χ2n) is 3.86. The number of halogens is 7. The van der Waals surface area contributed by atoms with Crippen LogP contribution in [0.4, 0.5) is 26.3 Å². The maximum atomic E-state index is 12.9. The molecule has 1 aromatic heterocycles. The lowest BCUT2D eigenvalue weighted by Gasteiger charge is -2.19. The van der Waals surface area contributed by atoms with Crippen LogP contribution in [0.15, 0.2) is 6.20 Å². The molecule has 0 bridgehead atoms. The van der Waals surface area contributed by atoms with Crippen molar-refractivity contribution in [2.75, 3.05) is 7.11 Å². The first-order valence-corrected chi connectivity index (χ1v) is 5.99. The van der Waals surface area contributed by atoms with Crippen molar-refractivity contribution in [3.63, 3.8) is 0 Å². The lowest BCUT2D eigenvalue weighted by molar-refractivity contribution is -0.275. The number of ether oxygens (including phenoxy) is 2. The maximum Gasteiger partial charge on any atom is 0.573 e. The zero-order chi connectivity index (χ0) is 17.1. The Morgan fingerprint density at radius 1 is 1.27 bits per heavy atom. The number of carbonyl (C=O) groups is 1. The standard InChI is InChI=1S/C11H8ClF6NO3/c1-21-8(20)2-5-6(10(13,14)15)4-19-7(3-12)9(5)22-11(16,17)18/h4H,2-3H2,1H3.